The van der Waals surface area contributed by atoms with Crippen molar-refractivity contribution in [2.24, 2.45) is 0 Å². The van der Waals surface area contributed by atoms with Gasteiger partial charge in [0, 0.05) is 10.9 Å². The lowest BCUT2D eigenvalue weighted by Crippen LogP contribution is -2.09. The van der Waals surface area contributed by atoms with E-state index in [2.05, 4.69) is 0 Å². The van der Waals surface area contributed by atoms with Crippen molar-refractivity contribution in [1.29, 1.82) is 0 Å². The molecule has 5 aromatic rings. The normalized spacial score (nSPS) is 11.1. The molecule has 0 spiro atoms. The van der Waals surface area contributed by atoms with Crippen molar-refractivity contribution in [3.05, 3.63) is 137 Å². The number of esters is 1. The number of hydrogen-bond donors (Lipinski definition) is 0. The van der Waals surface area contributed by atoms with Crippen LogP contribution in [0.5, 0.6) is 11.5 Å². The SMILES string of the molecule is Cc1oc2ccc(OCc3ccccc3)cc2c1C(=O)Oc1ccc(C=CC(=O)c2ccccc2)cc1. The van der Waals surface area contributed by atoms with Crippen molar-refractivity contribution in [2.45, 2.75) is 13.5 Å². The maximum Gasteiger partial charge on any atom is 0.347 e. The maximum absolute atomic E-state index is 13.1. The first-order valence-corrected chi connectivity index (χ1v) is 11.9. The summed E-state index contributed by atoms with van der Waals surface area (Å²) in [5.74, 6) is 0.901. The maximum atomic E-state index is 13.1. The van der Waals surface area contributed by atoms with Crippen molar-refractivity contribution >= 4 is 28.8 Å². The monoisotopic (exact) mass is 488 g/mol. The first-order valence-electron chi connectivity index (χ1n) is 11.9. The van der Waals surface area contributed by atoms with E-state index in [-0.39, 0.29) is 5.78 Å². The van der Waals surface area contributed by atoms with Gasteiger partial charge in [-0.1, -0.05) is 78.9 Å². The van der Waals surface area contributed by atoms with E-state index >= 15 is 0 Å². The Hall–Kier alpha value is -4.90. The minimum atomic E-state index is -0.515. The summed E-state index contributed by atoms with van der Waals surface area (Å²) in [6.07, 6.45) is 3.25. The van der Waals surface area contributed by atoms with Gasteiger partial charge in [0.15, 0.2) is 5.78 Å². The molecule has 0 fully saturated rings. The molecule has 1 aromatic heterocycles. The molecule has 5 nitrogen and oxygen atoms in total. The largest absolute Gasteiger partial charge is 0.489 e. The van der Waals surface area contributed by atoms with E-state index in [1.807, 2.05) is 54.6 Å². The van der Waals surface area contributed by atoms with Crippen molar-refractivity contribution in [3.63, 3.8) is 0 Å². The lowest BCUT2D eigenvalue weighted by Gasteiger charge is -2.07. The highest BCUT2D eigenvalue weighted by molar-refractivity contribution is 6.07. The smallest absolute Gasteiger partial charge is 0.347 e. The number of rotatable bonds is 8. The van der Waals surface area contributed by atoms with Crippen LogP contribution in [-0.2, 0) is 6.61 Å². The van der Waals surface area contributed by atoms with Crippen LogP contribution in [-0.4, -0.2) is 11.8 Å². The van der Waals surface area contributed by atoms with Gasteiger partial charge < -0.3 is 13.9 Å². The molecule has 182 valence electrons. The molecule has 37 heavy (non-hydrogen) atoms. The average molecular weight is 489 g/mol. The van der Waals surface area contributed by atoms with Crippen molar-refractivity contribution < 1.29 is 23.5 Å². The number of fused-ring (bicyclic) bond motifs is 1. The molecular formula is C32H24O5. The fourth-order valence-electron chi connectivity index (χ4n) is 3.96. The van der Waals surface area contributed by atoms with Crippen molar-refractivity contribution in [1.82, 2.24) is 0 Å². The van der Waals surface area contributed by atoms with E-state index in [1.54, 1.807) is 61.5 Å². The Morgan fingerprint density at radius 2 is 1.49 bits per heavy atom. The summed E-state index contributed by atoms with van der Waals surface area (Å²) in [4.78, 5) is 25.3. The Bertz CT molecular complexity index is 1560. The first kappa shape index (κ1) is 23.8. The van der Waals surface area contributed by atoms with Crippen molar-refractivity contribution in [3.8, 4) is 11.5 Å². The number of aryl methyl sites for hydroxylation is 1. The third-order valence-corrected chi connectivity index (χ3v) is 5.86. The van der Waals surface area contributed by atoms with Crippen LogP contribution in [0.1, 0.15) is 37.6 Å². The quantitative estimate of drug-likeness (QED) is 0.0983. The number of ether oxygens (including phenoxy) is 2. The molecule has 1 heterocycles. The Morgan fingerprint density at radius 3 is 2.22 bits per heavy atom. The van der Waals surface area contributed by atoms with Gasteiger partial charge in [-0.25, -0.2) is 4.79 Å². The van der Waals surface area contributed by atoms with E-state index in [0.717, 1.165) is 11.1 Å². The molecule has 0 aliphatic heterocycles. The van der Waals surface area contributed by atoms with E-state index in [4.69, 9.17) is 13.9 Å². The van der Waals surface area contributed by atoms with Gasteiger partial charge in [0.2, 0.25) is 0 Å². The Kier molecular flexibility index (Phi) is 6.95. The summed E-state index contributed by atoms with van der Waals surface area (Å²) in [6.45, 7) is 2.15. The number of carbonyl (C=O) groups excluding carboxylic acids is 2. The second-order valence-electron chi connectivity index (χ2n) is 8.49. The lowest BCUT2D eigenvalue weighted by atomic mass is 10.1. The van der Waals surface area contributed by atoms with Gasteiger partial charge in [0.05, 0.1) is 0 Å². The molecule has 0 amide bonds. The molecule has 0 atom stereocenters. The van der Waals surface area contributed by atoms with Crippen LogP contribution in [0, 0.1) is 6.92 Å². The van der Waals surface area contributed by atoms with Crippen LogP contribution >= 0.6 is 0 Å². The van der Waals surface area contributed by atoms with Gasteiger partial charge in [-0.15, -0.1) is 0 Å². The molecule has 0 saturated heterocycles. The molecule has 0 bridgehead atoms. The fourth-order valence-corrected chi connectivity index (χ4v) is 3.96. The van der Waals surface area contributed by atoms with E-state index in [0.29, 0.717) is 46.0 Å². The minimum absolute atomic E-state index is 0.0782. The fraction of sp³-hybridized carbons (Fsp3) is 0.0625. The Balaban J connectivity index is 1.28. The first-order chi connectivity index (χ1) is 18.1. The van der Waals surface area contributed by atoms with Gasteiger partial charge in [0.1, 0.15) is 35.0 Å². The molecule has 0 radical (unpaired) electrons. The molecular weight excluding hydrogens is 464 g/mol. The average Bonchev–Trinajstić information content (AvgIpc) is 3.27. The molecule has 0 unspecified atom stereocenters. The highest BCUT2D eigenvalue weighted by atomic mass is 16.5. The summed E-state index contributed by atoms with van der Waals surface area (Å²) in [6, 6.07) is 31.3. The standard InChI is InChI=1S/C32H24O5/c1-22-31(28-20-27(17-19-30(28)36-22)35-21-24-8-4-2-5-9-24)32(34)37-26-15-12-23(13-16-26)14-18-29(33)25-10-6-3-7-11-25/h2-20H,21H2,1H3. The van der Waals surface area contributed by atoms with Gasteiger partial charge in [-0.2, -0.15) is 0 Å². The minimum Gasteiger partial charge on any atom is -0.489 e. The van der Waals surface area contributed by atoms with Gasteiger partial charge in [-0.05, 0) is 54.5 Å². The molecule has 5 rings (SSSR count). The number of ketones is 1. The second-order valence-corrected chi connectivity index (χ2v) is 8.49. The number of allylic oxidation sites excluding steroid dienone is 1. The third kappa shape index (κ3) is 5.68. The van der Waals surface area contributed by atoms with Gasteiger partial charge in [0.25, 0.3) is 0 Å². The summed E-state index contributed by atoms with van der Waals surface area (Å²) in [5, 5.41) is 0.632. The Morgan fingerprint density at radius 1 is 0.811 bits per heavy atom. The van der Waals surface area contributed by atoms with Crippen LogP contribution in [0.4, 0.5) is 0 Å². The van der Waals surface area contributed by atoms with E-state index < -0.39 is 5.97 Å². The van der Waals surface area contributed by atoms with Crippen LogP contribution in [0.15, 0.2) is 114 Å². The van der Waals surface area contributed by atoms with Gasteiger partial charge in [-0.3, -0.25) is 4.79 Å². The number of furan rings is 1. The molecule has 5 heteroatoms. The van der Waals surface area contributed by atoms with Crippen molar-refractivity contribution in [2.75, 3.05) is 0 Å². The predicted octanol–water partition coefficient (Wildman–Crippen LogP) is 7.44. The summed E-state index contributed by atoms with van der Waals surface area (Å²) in [7, 11) is 0. The zero-order valence-electron chi connectivity index (χ0n) is 20.2. The van der Waals surface area contributed by atoms with Crippen LogP contribution in [0.3, 0.4) is 0 Å². The van der Waals surface area contributed by atoms with Crippen LogP contribution in [0.2, 0.25) is 0 Å². The zero-order valence-corrected chi connectivity index (χ0v) is 20.2. The zero-order chi connectivity index (χ0) is 25.6. The molecule has 0 saturated carbocycles. The highest BCUT2D eigenvalue weighted by Gasteiger charge is 2.21. The van der Waals surface area contributed by atoms with Crippen LogP contribution < -0.4 is 9.47 Å². The lowest BCUT2D eigenvalue weighted by molar-refractivity contribution is 0.0734. The summed E-state index contributed by atoms with van der Waals surface area (Å²) < 4.78 is 17.3. The number of carbonyl (C=O) groups is 2. The van der Waals surface area contributed by atoms with E-state index in [1.165, 1.54) is 6.08 Å². The van der Waals surface area contributed by atoms with E-state index in [9.17, 15) is 9.59 Å². The molecule has 0 aliphatic carbocycles. The third-order valence-electron chi connectivity index (χ3n) is 5.86. The summed E-state index contributed by atoms with van der Waals surface area (Å²) >= 11 is 0. The predicted molar refractivity (Wildman–Crippen MR) is 143 cm³/mol. The molecule has 4 aromatic carbocycles. The number of hydrogen-bond acceptors (Lipinski definition) is 5. The second kappa shape index (κ2) is 10.8. The summed E-state index contributed by atoms with van der Waals surface area (Å²) in [5.41, 5.74) is 3.43. The highest BCUT2D eigenvalue weighted by Crippen LogP contribution is 2.30. The molecule has 0 aliphatic rings. The van der Waals surface area contributed by atoms with Gasteiger partial charge >= 0.3 is 5.97 Å². The Labute approximate surface area is 214 Å². The number of benzene rings is 4. The molecule has 0 N–H and O–H groups in total. The topological polar surface area (TPSA) is 65.7 Å². The van der Waals surface area contributed by atoms with Crippen LogP contribution in [0.25, 0.3) is 17.0 Å².